The molecule has 0 heterocycles. The summed E-state index contributed by atoms with van der Waals surface area (Å²) < 4.78 is 0. The molecule has 0 aliphatic heterocycles. The summed E-state index contributed by atoms with van der Waals surface area (Å²) in [6, 6.07) is -0.141. The predicted molar refractivity (Wildman–Crippen MR) is 67.7 cm³/mol. The molecule has 0 rings (SSSR count). The molecule has 0 saturated heterocycles. The highest BCUT2D eigenvalue weighted by Gasteiger charge is 2.19. The molecule has 3 nitrogen and oxygen atoms in total. The number of hydrogen-bond donors (Lipinski definition) is 2. The first-order chi connectivity index (χ1) is 7.06. The largest absolute Gasteiger partial charge is 0.392 e. The first kappa shape index (κ1) is 14.4. The van der Waals surface area contributed by atoms with E-state index in [2.05, 4.69) is 12.2 Å². The van der Waals surface area contributed by atoms with Crippen LogP contribution in [0.3, 0.4) is 0 Å². The van der Waals surface area contributed by atoms with Gasteiger partial charge in [-0.05, 0) is 19.3 Å². The Kier molecular flexibility index (Phi) is 7.30. The summed E-state index contributed by atoms with van der Waals surface area (Å²) >= 11 is 4.92. The van der Waals surface area contributed by atoms with Crippen molar-refractivity contribution in [1.82, 2.24) is 5.32 Å². The van der Waals surface area contributed by atoms with Crippen LogP contribution in [0.5, 0.6) is 0 Å². The van der Waals surface area contributed by atoms with Crippen LogP contribution in [0.1, 0.15) is 46.5 Å². The summed E-state index contributed by atoms with van der Waals surface area (Å²) in [7, 11) is 0. The number of rotatable bonds is 7. The quantitative estimate of drug-likeness (QED) is 0.658. The minimum absolute atomic E-state index is 0.0752. The predicted octanol–water partition coefficient (Wildman–Crippen LogP) is 1.99. The first-order valence-corrected chi connectivity index (χ1v) is 6.07. The lowest BCUT2D eigenvalue weighted by Gasteiger charge is -2.20. The maximum Gasteiger partial charge on any atom is 0.223 e. The van der Waals surface area contributed by atoms with Gasteiger partial charge in [0.25, 0.3) is 0 Å². The molecule has 0 aliphatic rings. The molecule has 0 spiro atoms. The summed E-state index contributed by atoms with van der Waals surface area (Å²) in [5.41, 5.74) is 5.57. The van der Waals surface area contributed by atoms with Crippen LogP contribution in [0, 0.1) is 5.92 Å². The third kappa shape index (κ3) is 5.11. The standard InChI is InChI=1S/C11H22N2OS/c1-4-7-9(10(12)15)13-11(14)8(5-2)6-3/h8-9H,4-7H2,1-3H3,(H2,12,15)(H,13,14). The lowest BCUT2D eigenvalue weighted by Crippen LogP contribution is -2.45. The van der Waals surface area contributed by atoms with Crippen LogP contribution < -0.4 is 11.1 Å². The van der Waals surface area contributed by atoms with Crippen LogP contribution >= 0.6 is 12.2 Å². The van der Waals surface area contributed by atoms with Crippen molar-refractivity contribution in [3.63, 3.8) is 0 Å². The second-order valence-corrected chi connectivity index (χ2v) is 4.24. The number of nitrogens with two attached hydrogens (primary N) is 1. The Morgan fingerprint density at radius 3 is 2.20 bits per heavy atom. The van der Waals surface area contributed by atoms with Gasteiger partial charge in [0, 0.05) is 5.92 Å². The van der Waals surface area contributed by atoms with Gasteiger partial charge in [-0.25, -0.2) is 0 Å². The molecule has 1 amide bonds. The summed E-state index contributed by atoms with van der Waals surface area (Å²) in [5.74, 6) is 0.157. The molecule has 1 unspecified atom stereocenters. The second kappa shape index (κ2) is 7.63. The van der Waals surface area contributed by atoms with Gasteiger partial charge in [-0.15, -0.1) is 0 Å². The number of amides is 1. The zero-order chi connectivity index (χ0) is 11.8. The third-order valence-corrected chi connectivity index (χ3v) is 2.88. The van der Waals surface area contributed by atoms with Crippen molar-refractivity contribution in [3.8, 4) is 0 Å². The molecule has 0 bridgehead atoms. The average molecular weight is 230 g/mol. The van der Waals surface area contributed by atoms with Crippen molar-refractivity contribution < 1.29 is 4.79 Å². The Hall–Kier alpha value is -0.640. The Labute approximate surface area is 97.8 Å². The van der Waals surface area contributed by atoms with E-state index in [1.807, 2.05) is 13.8 Å². The van der Waals surface area contributed by atoms with Crippen molar-refractivity contribution in [2.24, 2.45) is 11.7 Å². The summed E-state index contributed by atoms with van der Waals surface area (Å²) in [6.45, 7) is 6.08. The minimum Gasteiger partial charge on any atom is -0.392 e. The van der Waals surface area contributed by atoms with Crippen LogP contribution in [0.4, 0.5) is 0 Å². The number of nitrogens with one attached hydrogen (secondary N) is 1. The lowest BCUT2D eigenvalue weighted by molar-refractivity contribution is -0.125. The third-order valence-electron chi connectivity index (χ3n) is 2.59. The van der Waals surface area contributed by atoms with Crippen LogP contribution in [-0.2, 0) is 4.79 Å². The van der Waals surface area contributed by atoms with Crippen molar-refractivity contribution >= 4 is 23.1 Å². The highest BCUT2D eigenvalue weighted by molar-refractivity contribution is 7.80. The minimum atomic E-state index is -0.141. The van der Waals surface area contributed by atoms with Gasteiger partial charge in [0.05, 0.1) is 11.0 Å². The fraction of sp³-hybridized carbons (Fsp3) is 0.818. The van der Waals surface area contributed by atoms with Crippen LogP contribution in [-0.4, -0.2) is 16.9 Å². The summed E-state index contributed by atoms with van der Waals surface area (Å²) in [4.78, 5) is 12.2. The Morgan fingerprint density at radius 2 is 1.87 bits per heavy atom. The molecule has 0 aromatic rings. The van der Waals surface area contributed by atoms with E-state index in [9.17, 15) is 4.79 Å². The number of thiocarbonyl (C=S) groups is 1. The molecule has 3 N–H and O–H groups in total. The van der Waals surface area contributed by atoms with E-state index < -0.39 is 0 Å². The van der Waals surface area contributed by atoms with Gasteiger partial charge in [-0.1, -0.05) is 39.4 Å². The van der Waals surface area contributed by atoms with Crippen LogP contribution in [0.15, 0.2) is 0 Å². The molecule has 0 fully saturated rings. The van der Waals surface area contributed by atoms with Gasteiger partial charge in [-0.3, -0.25) is 4.79 Å². The average Bonchev–Trinajstić information content (AvgIpc) is 2.18. The maximum atomic E-state index is 11.8. The topological polar surface area (TPSA) is 55.1 Å². The van der Waals surface area contributed by atoms with E-state index in [-0.39, 0.29) is 17.9 Å². The van der Waals surface area contributed by atoms with Crippen LogP contribution in [0.25, 0.3) is 0 Å². The van der Waals surface area contributed by atoms with E-state index >= 15 is 0 Å². The van der Waals surface area contributed by atoms with E-state index in [0.717, 1.165) is 25.7 Å². The van der Waals surface area contributed by atoms with E-state index in [1.165, 1.54) is 0 Å². The van der Waals surface area contributed by atoms with E-state index in [1.54, 1.807) is 0 Å². The molecule has 1 atom stereocenters. The highest BCUT2D eigenvalue weighted by Crippen LogP contribution is 2.08. The lowest BCUT2D eigenvalue weighted by atomic mass is 10.0. The summed E-state index contributed by atoms with van der Waals surface area (Å²) in [5, 5.41) is 2.91. The Morgan fingerprint density at radius 1 is 1.33 bits per heavy atom. The molecular weight excluding hydrogens is 208 g/mol. The van der Waals surface area contributed by atoms with Gasteiger partial charge in [0.2, 0.25) is 5.91 Å². The van der Waals surface area contributed by atoms with Gasteiger partial charge in [0.1, 0.15) is 0 Å². The highest BCUT2D eigenvalue weighted by atomic mass is 32.1. The molecule has 0 saturated carbocycles. The van der Waals surface area contributed by atoms with Crippen molar-refractivity contribution in [1.29, 1.82) is 0 Å². The van der Waals surface area contributed by atoms with E-state index in [4.69, 9.17) is 18.0 Å². The number of carbonyl (C=O) groups is 1. The Balaban J connectivity index is 4.27. The van der Waals surface area contributed by atoms with Gasteiger partial charge in [0.15, 0.2) is 0 Å². The zero-order valence-electron chi connectivity index (χ0n) is 9.88. The smallest absolute Gasteiger partial charge is 0.223 e. The van der Waals surface area contributed by atoms with Gasteiger partial charge >= 0.3 is 0 Å². The fourth-order valence-corrected chi connectivity index (χ4v) is 1.70. The molecule has 0 aromatic heterocycles. The molecule has 88 valence electrons. The second-order valence-electron chi connectivity index (χ2n) is 3.77. The molecule has 0 aromatic carbocycles. The molecule has 0 aliphatic carbocycles. The van der Waals surface area contributed by atoms with Crippen LogP contribution in [0.2, 0.25) is 0 Å². The molecule has 15 heavy (non-hydrogen) atoms. The van der Waals surface area contributed by atoms with Crippen molar-refractivity contribution in [2.75, 3.05) is 0 Å². The number of carbonyl (C=O) groups excluding carboxylic acids is 1. The van der Waals surface area contributed by atoms with Gasteiger partial charge in [-0.2, -0.15) is 0 Å². The fourth-order valence-electron chi connectivity index (χ4n) is 1.52. The van der Waals surface area contributed by atoms with E-state index in [0.29, 0.717) is 4.99 Å². The molecule has 4 heteroatoms. The molecule has 0 radical (unpaired) electrons. The van der Waals surface area contributed by atoms with Crippen molar-refractivity contribution in [3.05, 3.63) is 0 Å². The first-order valence-electron chi connectivity index (χ1n) is 5.66. The van der Waals surface area contributed by atoms with Crippen molar-refractivity contribution in [2.45, 2.75) is 52.5 Å². The summed E-state index contributed by atoms with van der Waals surface area (Å²) in [6.07, 6.45) is 3.50. The zero-order valence-corrected chi connectivity index (χ0v) is 10.7. The SMILES string of the molecule is CCCC(NC(=O)C(CC)CC)C(N)=S. The monoisotopic (exact) mass is 230 g/mol. The van der Waals surface area contributed by atoms with Gasteiger partial charge < -0.3 is 11.1 Å². The molecular formula is C11H22N2OS. The normalized spacial score (nSPS) is 12.5. The maximum absolute atomic E-state index is 11.8. The number of hydrogen-bond acceptors (Lipinski definition) is 2. The Bertz CT molecular complexity index is 215.